The lowest BCUT2D eigenvalue weighted by Crippen LogP contribution is -2.30. The first-order valence-electron chi connectivity index (χ1n) is 7.55. The van der Waals surface area contributed by atoms with Crippen molar-refractivity contribution in [3.63, 3.8) is 0 Å². The Hall–Kier alpha value is -1.11. The monoisotopic (exact) mass is 341 g/mol. The quantitative estimate of drug-likeness (QED) is 0.793. The summed E-state index contributed by atoms with van der Waals surface area (Å²) in [7, 11) is -3.46. The molecule has 2 aliphatic heterocycles. The lowest BCUT2D eigenvalue weighted by Gasteiger charge is -2.27. The van der Waals surface area contributed by atoms with Crippen LogP contribution >= 0.6 is 11.6 Å². The molecule has 0 amide bonds. The van der Waals surface area contributed by atoms with Gasteiger partial charge in [0.2, 0.25) is 10.0 Å². The van der Waals surface area contributed by atoms with E-state index >= 15 is 0 Å². The van der Waals surface area contributed by atoms with Crippen LogP contribution in [0.2, 0.25) is 5.02 Å². The molecule has 0 spiro atoms. The number of aromatic nitrogens is 1. The minimum atomic E-state index is -3.46. The van der Waals surface area contributed by atoms with Gasteiger partial charge in [0.15, 0.2) is 0 Å². The van der Waals surface area contributed by atoms with E-state index in [0.29, 0.717) is 23.9 Å². The number of anilines is 1. The summed E-state index contributed by atoms with van der Waals surface area (Å²) in [6.45, 7) is 4.89. The van der Waals surface area contributed by atoms with Gasteiger partial charge in [0.05, 0.1) is 5.02 Å². The fourth-order valence-corrected chi connectivity index (χ4v) is 4.67. The topological polar surface area (TPSA) is 53.5 Å². The van der Waals surface area contributed by atoms with Crippen molar-refractivity contribution in [3.05, 3.63) is 28.9 Å². The smallest absolute Gasteiger partial charge is 0.244 e. The Morgan fingerprint density at radius 2 is 1.95 bits per heavy atom. The molecule has 0 N–H and O–H groups in total. The maximum atomic E-state index is 12.5. The number of pyridine rings is 1. The molecule has 0 radical (unpaired) electrons. The van der Waals surface area contributed by atoms with E-state index in [1.54, 1.807) is 0 Å². The molecule has 0 bridgehead atoms. The minimum Gasteiger partial charge on any atom is -0.351 e. The predicted octanol–water partition coefficient (Wildman–Crippen LogP) is 2.68. The maximum Gasteiger partial charge on any atom is 0.244 e. The van der Waals surface area contributed by atoms with Crippen molar-refractivity contribution in [1.29, 1.82) is 0 Å². The molecule has 0 atom stereocenters. The zero-order valence-corrected chi connectivity index (χ0v) is 14.2. The SMILES string of the molecule is CC1=CCN(c2ncc(S(=O)(=O)N3CCCC3)cc2Cl)CC1. The highest BCUT2D eigenvalue weighted by atomic mass is 35.5. The van der Waals surface area contributed by atoms with E-state index in [2.05, 4.69) is 22.9 Å². The number of hydrogen-bond acceptors (Lipinski definition) is 4. The van der Waals surface area contributed by atoms with Gasteiger partial charge in [-0.15, -0.1) is 0 Å². The van der Waals surface area contributed by atoms with E-state index in [-0.39, 0.29) is 4.90 Å². The number of rotatable bonds is 3. The molecule has 0 aromatic carbocycles. The highest BCUT2D eigenvalue weighted by molar-refractivity contribution is 7.89. The van der Waals surface area contributed by atoms with Gasteiger partial charge in [0.1, 0.15) is 10.7 Å². The third-order valence-corrected chi connectivity index (χ3v) is 6.38. The molecule has 120 valence electrons. The van der Waals surface area contributed by atoms with Crippen LogP contribution < -0.4 is 4.90 Å². The van der Waals surface area contributed by atoms with Gasteiger partial charge in [-0.2, -0.15) is 4.31 Å². The molecule has 0 aliphatic carbocycles. The largest absolute Gasteiger partial charge is 0.351 e. The van der Waals surface area contributed by atoms with Crippen LogP contribution in [-0.2, 0) is 10.0 Å². The normalized spacial score (nSPS) is 20.3. The summed E-state index contributed by atoms with van der Waals surface area (Å²) >= 11 is 6.30. The molecular formula is C15H20ClN3O2S. The fourth-order valence-electron chi connectivity index (χ4n) is 2.83. The van der Waals surface area contributed by atoms with Gasteiger partial charge in [-0.1, -0.05) is 23.3 Å². The van der Waals surface area contributed by atoms with Crippen molar-refractivity contribution in [2.45, 2.75) is 31.1 Å². The molecule has 1 saturated heterocycles. The molecule has 5 nitrogen and oxygen atoms in total. The van der Waals surface area contributed by atoms with E-state index in [0.717, 1.165) is 32.4 Å². The molecule has 3 rings (SSSR count). The summed E-state index contributed by atoms with van der Waals surface area (Å²) in [6.07, 6.45) is 6.39. The van der Waals surface area contributed by atoms with Gasteiger partial charge in [0, 0.05) is 32.4 Å². The Bertz CT molecular complexity index is 697. The molecule has 1 aromatic rings. The van der Waals surface area contributed by atoms with E-state index in [4.69, 9.17) is 11.6 Å². The van der Waals surface area contributed by atoms with E-state index in [1.165, 1.54) is 22.1 Å². The van der Waals surface area contributed by atoms with E-state index < -0.39 is 10.0 Å². The van der Waals surface area contributed by atoms with Gasteiger partial charge in [-0.25, -0.2) is 13.4 Å². The second kappa shape index (κ2) is 6.18. The highest BCUT2D eigenvalue weighted by Gasteiger charge is 2.28. The van der Waals surface area contributed by atoms with Gasteiger partial charge < -0.3 is 4.90 Å². The van der Waals surface area contributed by atoms with Crippen molar-refractivity contribution in [1.82, 2.24) is 9.29 Å². The highest BCUT2D eigenvalue weighted by Crippen LogP contribution is 2.29. The van der Waals surface area contributed by atoms with Crippen LogP contribution in [0.25, 0.3) is 0 Å². The summed E-state index contributed by atoms with van der Waals surface area (Å²) in [5.74, 6) is 0.658. The molecule has 0 unspecified atom stereocenters. The summed E-state index contributed by atoms with van der Waals surface area (Å²) in [5.41, 5.74) is 1.36. The number of nitrogens with zero attached hydrogens (tertiary/aromatic N) is 3. The minimum absolute atomic E-state index is 0.187. The van der Waals surface area contributed by atoms with Crippen molar-refractivity contribution < 1.29 is 8.42 Å². The lowest BCUT2D eigenvalue weighted by atomic mass is 10.1. The molecule has 1 fully saturated rings. The number of sulfonamides is 1. The van der Waals surface area contributed by atoms with Crippen LogP contribution in [0, 0.1) is 0 Å². The maximum absolute atomic E-state index is 12.5. The summed E-state index contributed by atoms with van der Waals surface area (Å²) in [4.78, 5) is 6.58. The van der Waals surface area contributed by atoms with Gasteiger partial charge in [0.25, 0.3) is 0 Å². The fraction of sp³-hybridized carbons (Fsp3) is 0.533. The molecule has 2 aliphatic rings. The number of hydrogen-bond donors (Lipinski definition) is 0. The Morgan fingerprint density at radius 3 is 2.55 bits per heavy atom. The zero-order valence-electron chi connectivity index (χ0n) is 12.6. The predicted molar refractivity (Wildman–Crippen MR) is 87.8 cm³/mol. The third-order valence-electron chi connectivity index (χ3n) is 4.24. The zero-order chi connectivity index (χ0) is 15.7. The van der Waals surface area contributed by atoms with Gasteiger partial charge >= 0.3 is 0 Å². The van der Waals surface area contributed by atoms with Crippen LogP contribution in [0.4, 0.5) is 5.82 Å². The first-order chi connectivity index (χ1) is 10.5. The van der Waals surface area contributed by atoms with Crippen molar-refractivity contribution in [2.24, 2.45) is 0 Å². The Kier molecular flexibility index (Phi) is 4.43. The summed E-state index contributed by atoms with van der Waals surface area (Å²) in [5, 5.41) is 0.397. The van der Waals surface area contributed by atoms with Crippen LogP contribution in [0.5, 0.6) is 0 Å². The summed E-state index contributed by atoms with van der Waals surface area (Å²) in [6, 6.07) is 1.53. The molecule has 22 heavy (non-hydrogen) atoms. The molecule has 7 heteroatoms. The molecule has 0 saturated carbocycles. The van der Waals surface area contributed by atoms with Crippen LogP contribution in [0.1, 0.15) is 26.2 Å². The molecule has 1 aromatic heterocycles. The third kappa shape index (κ3) is 3.00. The standard InChI is InChI=1S/C15H20ClN3O2S/c1-12-4-8-18(9-5-12)15-14(16)10-13(11-17-15)22(20,21)19-6-2-3-7-19/h4,10-11H,2-3,5-9H2,1H3. The van der Waals surface area contributed by atoms with Gasteiger partial charge in [-0.05, 0) is 32.3 Å². The Morgan fingerprint density at radius 1 is 1.23 bits per heavy atom. The first-order valence-corrected chi connectivity index (χ1v) is 9.36. The average Bonchev–Trinajstić information content (AvgIpc) is 3.03. The van der Waals surface area contributed by atoms with Gasteiger partial charge in [-0.3, -0.25) is 0 Å². The number of halogens is 1. The second-order valence-corrected chi connectivity index (χ2v) is 8.18. The molecule has 3 heterocycles. The lowest BCUT2D eigenvalue weighted by molar-refractivity contribution is 0.477. The Balaban J connectivity index is 1.86. The molecular weight excluding hydrogens is 322 g/mol. The van der Waals surface area contributed by atoms with E-state index in [9.17, 15) is 8.42 Å². The van der Waals surface area contributed by atoms with Crippen molar-refractivity contribution in [2.75, 3.05) is 31.1 Å². The second-order valence-electron chi connectivity index (χ2n) is 5.83. The van der Waals surface area contributed by atoms with Crippen LogP contribution in [-0.4, -0.2) is 43.9 Å². The van der Waals surface area contributed by atoms with Crippen molar-refractivity contribution >= 4 is 27.4 Å². The summed E-state index contributed by atoms with van der Waals surface area (Å²) < 4.78 is 26.5. The van der Waals surface area contributed by atoms with Crippen LogP contribution in [0.3, 0.4) is 0 Å². The first kappa shape index (κ1) is 15.8. The Labute approximate surface area is 136 Å². The average molecular weight is 342 g/mol. The van der Waals surface area contributed by atoms with E-state index in [1.807, 2.05) is 0 Å². The van der Waals surface area contributed by atoms with Crippen LogP contribution in [0.15, 0.2) is 28.8 Å². The van der Waals surface area contributed by atoms with Crippen molar-refractivity contribution in [3.8, 4) is 0 Å².